The molecular formula is C52H46F4N2O6. The SMILES string of the molecule is O=C1C(CC[C@H](O)c2ccc(F)cc2)[C@@H](c2ccc(OCC=CCOc3ccc([C@@H]4[C@@H](CC[C@H](O)c5ccc(F)cc5)C(=O)N4c4ccc(F)cc4)cc3)cc2)N1c1ccc(F)cc1. The van der Waals surface area contributed by atoms with Gasteiger partial charge in [-0.3, -0.25) is 9.59 Å². The Morgan fingerprint density at radius 2 is 0.781 bits per heavy atom. The van der Waals surface area contributed by atoms with Crippen molar-refractivity contribution < 1.29 is 46.8 Å². The summed E-state index contributed by atoms with van der Waals surface area (Å²) < 4.78 is 66.3. The van der Waals surface area contributed by atoms with Crippen LogP contribution in [0.5, 0.6) is 11.5 Å². The maximum atomic E-state index is 13.8. The van der Waals surface area contributed by atoms with Crippen LogP contribution in [0.4, 0.5) is 28.9 Å². The number of halogens is 4. The summed E-state index contributed by atoms with van der Waals surface area (Å²) in [6, 6.07) is 37.0. The van der Waals surface area contributed by atoms with E-state index in [4.69, 9.17) is 9.47 Å². The third kappa shape index (κ3) is 9.88. The number of carbonyl (C=O) groups excluding carboxylic acids is 2. The molecule has 0 spiro atoms. The molecule has 2 amide bonds. The molecule has 8 rings (SSSR count). The first-order chi connectivity index (χ1) is 31.0. The molecule has 6 aromatic rings. The van der Waals surface area contributed by atoms with Crippen LogP contribution in [0.3, 0.4) is 0 Å². The molecule has 0 aromatic heterocycles. The first-order valence-electron chi connectivity index (χ1n) is 21.2. The van der Waals surface area contributed by atoms with Gasteiger partial charge in [-0.1, -0.05) is 48.5 Å². The van der Waals surface area contributed by atoms with Crippen molar-refractivity contribution in [2.24, 2.45) is 11.8 Å². The second kappa shape index (κ2) is 19.7. The molecule has 6 atom stereocenters. The molecule has 2 aliphatic rings. The molecule has 0 radical (unpaired) electrons. The van der Waals surface area contributed by atoms with Crippen LogP contribution in [-0.4, -0.2) is 35.2 Å². The molecule has 8 nitrogen and oxygen atoms in total. The van der Waals surface area contributed by atoms with Gasteiger partial charge >= 0.3 is 0 Å². The Hall–Kier alpha value is -6.76. The molecule has 64 heavy (non-hydrogen) atoms. The summed E-state index contributed by atoms with van der Waals surface area (Å²) in [5.41, 5.74) is 4.00. The fourth-order valence-electron chi connectivity index (χ4n) is 8.53. The number of hydrogen-bond acceptors (Lipinski definition) is 6. The maximum Gasteiger partial charge on any atom is 0.233 e. The zero-order valence-corrected chi connectivity index (χ0v) is 34.7. The lowest BCUT2D eigenvalue weighted by Crippen LogP contribution is -2.55. The number of β-lactam (4-membered cyclic amide) rings is 2. The smallest absolute Gasteiger partial charge is 0.233 e. The zero-order valence-electron chi connectivity index (χ0n) is 34.7. The van der Waals surface area contributed by atoms with Gasteiger partial charge in [-0.15, -0.1) is 0 Å². The number of rotatable bonds is 18. The maximum absolute atomic E-state index is 13.8. The highest BCUT2D eigenvalue weighted by molar-refractivity contribution is 6.04. The van der Waals surface area contributed by atoms with Crippen molar-refractivity contribution >= 4 is 23.2 Å². The fraction of sp³-hybridized carbons (Fsp3) is 0.231. The van der Waals surface area contributed by atoms with Crippen molar-refractivity contribution in [3.63, 3.8) is 0 Å². The van der Waals surface area contributed by atoms with Crippen molar-refractivity contribution in [3.8, 4) is 11.5 Å². The minimum Gasteiger partial charge on any atom is -0.490 e. The number of amides is 2. The minimum absolute atomic E-state index is 0.128. The number of nitrogens with zero attached hydrogens (tertiary/aromatic N) is 2. The third-order valence-corrected chi connectivity index (χ3v) is 12.0. The number of benzene rings is 6. The van der Waals surface area contributed by atoms with E-state index in [2.05, 4.69) is 0 Å². The molecule has 12 heteroatoms. The van der Waals surface area contributed by atoms with E-state index in [0.717, 1.165) is 11.1 Å². The first kappa shape index (κ1) is 43.9. The topological polar surface area (TPSA) is 99.5 Å². The van der Waals surface area contributed by atoms with E-state index in [1.54, 1.807) is 34.1 Å². The number of aliphatic hydroxyl groups is 2. The Labute approximate surface area is 368 Å². The van der Waals surface area contributed by atoms with Gasteiger partial charge in [-0.05, 0) is 157 Å². The van der Waals surface area contributed by atoms with Gasteiger partial charge in [-0.2, -0.15) is 0 Å². The second-order valence-corrected chi connectivity index (χ2v) is 16.0. The van der Waals surface area contributed by atoms with Gasteiger partial charge in [0, 0.05) is 11.4 Å². The Balaban J connectivity index is 0.848. The average molecular weight is 871 g/mol. The summed E-state index contributed by atoms with van der Waals surface area (Å²) in [5.74, 6) is -1.50. The normalized spacial score (nSPS) is 19.3. The Morgan fingerprint density at radius 1 is 0.469 bits per heavy atom. The highest BCUT2D eigenvalue weighted by Crippen LogP contribution is 2.48. The number of anilines is 2. The number of hydrogen-bond donors (Lipinski definition) is 2. The van der Waals surface area contributed by atoms with Crippen LogP contribution in [0, 0.1) is 35.1 Å². The molecule has 1 unspecified atom stereocenters. The van der Waals surface area contributed by atoms with E-state index in [9.17, 15) is 37.4 Å². The Kier molecular flexibility index (Phi) is 13.5. The van der Waals surface area contributed by atoms with Crippen LogP contribution >= 0.6 is 0 Å². The van der Waals surface area contributed by atoms with E-state index in [1.807, 2.05) is 60.7 Å². The van der Waals surface area contributed by atoms with Crippen LogP contribution in [0.25, 0.3) is 0 Å². The van der Waals surface area contributed by atoms with E-state index >= 15 is 0 Å². The summed E-state index contributed by atoms with van der Waals surface area (Å²) in [5, 5.41) is 21.6. The van der Waals surface area contributed by atoms with Crippen molar-refractivity contribution in [1.29, 1.82) is 0 Å². The first-order valence-corrected chi connectivity index (χ1v) is 21.2. The molecule has 328 valence electrons. The van der Waals surface area contributed by atoms with E-state index in [-0.39, 0.29) is 37.1 Å². The standard InChI is InChI=1S/C52H46F4N2O6/c53-37-11-3-33(4-12-37)47(59)29-27-45-49(57(51(45)61)41-19-15-39(55)16-20-41)35-7-23-43(24-8-35)63-31-1-2-32-64-44-25-9-36(10-26-44)50-46(28-30-48(60)34-5-13-38(54)14-6-34)52(62)58(50)42-21-17-40(56)18-22-42/h1-26,45-50,59-60H,27-32H2/t45-,46?,47+,48+,49-,50-/m1/s1. The van der Waals surface area contributed by atoms with Gasteiger partial charge in [0.2, 0.25) is 11.8 Å². The van der Waals surface area contributed by atoms with E-state index in [0.29, 0.717) is 59.7 Å². The molecule has 0 bridgehead atoms. The van der Waals surface area contributed by atoms with Crippen molar-refractivity contribution in [2.75, 3.05) is 23.0 Å². The molecule has 0 saturated carbocycles. The third-order valence-electron chi connectivity index (χ3n) is 12.0. The summed E-state index contributed by atoms with van der Waals surface area (Å²) in [6.07, 6.45) is 3.31. The second-order valence-electron chi connectivity index (χ2n) is 16.0. The largest absolute Gasteiger partial charge is 0.490 e. The summed E-state index contributed by atoms with van der Waals surface area (Å²) in [6.45, 7) is 0.530. The quantitative estimate of drug-likeness (QED) is 0.0507. The van der Waals surface area contributed by atoms with Gasteiger partial charge in [0.05, 0.1) is 36.1 Å². The highest BCUT2D eigenvalue weighted by Gasteiger charge is 2.49. The summed E-state index contributed by atoms with van der Waals surface area (Å²) in [7, 11) is 0. The Morgan fingerprint density at radius 3 is 1.11 bits per heavy atom. The molecule has 2 N–H and O–H groups in total. The average Bonchev–Trinajstić information content (AvgIpc) is 3.30. The van der Waals surface area contributed by atoms with Crippen LogP contribution in [0.1, 0.15) is 72.2 Å². The van der Waals surface area contributed by atoms with Gasteiger partial charge in [-0.25, -0.2) is 17.6 Å². The molecule has 6 aromatic carbocycles. The number of carbonyl (C=O) groups is 2. The van der Waals surface area contributed by atoms with Gasteiger partial charge in [0.1, 0.15) is 48.0 Å². The molecule has 0 aliphatic carbocycles. The number of ether oxygens (including phenoxy) is 2. The highest BCUT2D eigenvalue weighted by atomic mass is 19.1. The lowest BCUT2D eigenvalue weighted by molar-refractivity contribution is -0.131. The summed E-state index contributed by atoms with van der Waals surface area (Å²) >= 11 is 0. The summed E-state index contributed by atoms with van der Waals surface area (Å²) in [4.78, 5) is 30.2. The van der Waals surface area contributed by atoms with E-state index < -0.39 is 47.3 Å². The molecule has 2 aliphatic heterocycles. The van der Waals surface area contributed by atoms with Gasteiger partial charge < -0.3 is 29.5 Å². The van der Waals surface area contributed by atoms with Crippen LogP contribution in [0.2, 0.25) is 0 Å². The molecular weight excluding hydrogens is 825 g/mol. The van der Waals surface area contributed by atoms with Crippen molar-refractivity contribution in [3.05, 3.63) is 203 Å². The minimum atomic E-state index is -0.863. The van der Waals surface area contributed by atoms with Crippen LogP contribution in [-0.2, 0) is 9.59 Å². The van der Waals surface area contributed by atoms with Crippen LogP contribution in [0.15, 0.2) is 158 Å². The Bertz CT molecular complexity index is 2360. The fourth-order valence-corrected chi connectivity index (χ4v) is 8.53. The predicted octanol–water partition coefficient (Wildman–Crippen LogP) is 10.7. The van der Waals surface area contributed by atoms with Gasteiger partial charge in [0.25, 0.3) is 0 Å². The van der Waals surface area contributed by atoms with Crippen LogP contribution < -0.4 is 19.3 Å². The predicted molar refractivity (Wildman–Crippen MR) is 234 cm³/mol. The van der Waals surface area contributed by atoms with Crippen molar-refractivity contribution in [2.45, 2.75) is 50.0 Å². The molecule has 2 saturated heterocycles. The zero-order chi connectivity index (χ0) is 44.7. The van der Waals surface area contributed by atoms with Crippen molar-refractivity contribution in [1.82, 2.24) is 0 Å². The van der Waals surface area contributed by atoms with E-state index in [1.165, 1.54) is 72.8 Å². The molecule has 2 heterocycles. The monoisotopic (exact) mass is 870 g/mol. The lowest BCUT2D eigenvalue weighted by atomic mass is 9.78. The lowest BCUT2D eigenvalue weighted by Gasteiger charge is -2.48. The number of aliphatic hydroxyl groups excluding tert-OH is 2. The van der Waals surface area contributed by atoms with Gasteiger partial charge in [0.15, 0.2) is 0 Å². The molecule has 2 fully saturated rings.